The summed E-state index contributed by atoms with van der Waals surface area (Å²) in [5.74, 6) is 0.256. The third-order valence-electron chi connectivity index (χ3n) is 4.82. The van der Waals surface area contributed by atoms with Crippen LogP contribution in [0, 0.1) is 0 Å². The molecule has 0 aliphatic carbocycles. The number of aromatic hydroxyl groups is 1. The van der Waals surface area contributed by atoms with Crippen LogP contribution in [0.3, 0.4) is 0 Å². The van der Waals surface area contributed by atoms with E-state index in [0.717, 1.165) is 29.2 Å². The number of unbranched alkanes of at least 4 members (excludes halogenated alkanes) is 6. The summed E-state index contributed by atoms with van der Waals surface area (Å²) in [6, 6.07) is 9.71. The van der Waals surface area contributed by atoms with Crippen molar-refractivity contribution in [1.82, 2.24) is 0 Å². The third kappa shape index (κ3) is 4.73. The number of aliphatic hydroxyl groups is 1. The number of hydrogen-bond donors (Lipinski definition) is 2. The zero-order valence-corrected chi connectivity index (χ0v) is 15.4. The van der Waals surface area contributed by atoms with Crippen LogP contribution in [0.4, 0.5) is 0 Å². The molecule has 0 atom stereocenters. The van der Waals surface area contributed by atoms with Gasteiger partial charge in [0, 0.05) is 5.39 Å². The zero-order valence-electron chi connectivity index (χ0n) is 15.4. The molecule has 0 radical (unpaired) electrons. The molecule has 2 aromatic rings. The van der Waals surface area contributed by atoms with Crippen molar-refractivity contribution in [1.29, 1.82) is 0 Å². The van der Waals surface area contributed by atoms with Crippen molar-refractivity contribution in [3.05, 3.63) is 41.5 Å². The largest absolute Gasteiger partial charge is 0.507 e. The topological polar surface area (TPSA) is 40.5 Å². The Labute approximate surface area is 146 Å². The smallest absolute Gasteiger partial charge is 0.123 e. The molecule has 0 heterocycles. The van der Waals surface area contributed by atoms with Gasteiger partial charge in [-0.25, -0.2) is 0 Å². The highest BCUT2D eigenvalue weighted by atomic mass is 16.3. The molecule has 2 heteroatoms. The fourth-order valence-corrected chi connectivity index (χ4v) is 3.49. The Balaban J connectivity index is 2.16. The second-order valence-electron chi connectivity index (χ2n) is 7.40. The molecule has 2 N–H and O–H groups in total. The summed E-state index contributed by atoms with van der Waals surface area (Å²) in [5.41, 5.74) is 1.09. The molecule has 0 saturated heterocycles. The molecule has 132 valence electrons. The van der Waals surface area contributed by atoms with E-state index >= 15 is 0 Å². The number of aryl methyl sites for hydroxylation is 1. The first kappa shape index (κ1) is 18.8. The lowest BCUT2D eigenvalue weighted by Gasteiger charge is -2.24. The number of fused-ring (bicyclic) bond motifs is 1. The maximum Gasteiger partial charge on any atom is 0.123 e. The first-order valence-electron chi connectivity index (χ1n) is 9.41. The highest BCUT2D eigenvalue weighted by molar-refractivity contribution is 5.92. The Morgan fingerprint density at radius 2 is 1.46 bits per heavy atom. The van der Waals surface area contributed by atoms with Gasteiger partial charge in [0.05, 0.1) is 5.60 Å². The van der Waals surface area contributed by atoms with Gasteiger partial charge in [0.25, 0.3) is 0 Å². The van der Waals surface area contributed by atoms with Crippen molar-refractivity contribution in [3.8, 4) is 5.75 Å². The molecule has 2 aromatic carbocycles. The molecule has 0 fully saturated rings. The maximum atomic E-state index is 10.5. The fraction of sp³-hybridized carbons (Fsp3) is 0.545. The van der Waals surface area contributed by atoms with Crippen molar-refractivity contribution >= 4 is 10.8 Å². The molecule has 0 unspecified atom stereocenters. The van der Waals surface area contributed by atoms with Crippen molar-refractivity contribution in [2.24, 2.45) is 0 Å². The monoisotopic (exact) mass is 328 g/mol. The van der Waals surface area contributed by atoms with Gasteiger partial charge in [-0.05, 0) is 49.3 Å². The number of rotatable bonds is 9. The summed E-state index contributed by atoms with van der Waals surface area (Å²) in [5, 5.41) is 22.8. The van der Waals surface area contributed by atoms with E-state index in [1.165, 1.54) is 44.1 Å². The van der Waals surface area contributed by atoms with Crippen molar-refractivity contribution in [2.45, 2.75) is 77.7 Å². The molecule has 2 nitrogen and oxygen atoms in total. The van der Waals surface area contributed by atoms with Crippen LogP contribution in [0.5, 0.6) is 5.75 Å². The lowest BCUT2D eigenvalue weighted by atomic mass is 9.86. The van der Waals surface area contributed by atoms with Crippen LogP contribution in [0.25, 0.3) is 10.8 Å². The highest BCUT2D eigenvalue weighted by Crippen LogP contribution is 2.36. The average molecular weight is 328 g/mol. The van der Waals surface area contributed by atoms with Gasteiger partial charge >= 0.3 is 0 Å². The summed E-state index contributed by atoms with van der Waals surface area (Å²) in [7, 11) is 0. The molecule has 2 rings (SSSR count). The van der Waals surface area contributed by atoms with E-state index in [1.54, 1.807) is 19.9 Å². The summed E-state index contributed by atoms with van der Waals surface area (Å²) < 4.78 is 0. The molecule has 24 heavy (non-hydrogen) atoms. The molecular formula is C22H32O2. The van der Waals surface area contributed by atoms with Crippen molar-refractivity contribution in [3.63, 3.8) is 0 Å². The van der Waals surface area contributed by atoms with E-state index in [9.17, 15) is 10.2 Å². The minimum absolute atomic E-state index is 0.256. The molecule has 0 bridgehead atoms. The summed E-state index contributed by atoms with van der Waals surface area (Å²) in [6.07, 6.45) is 9.88. The Morgan fingerprint density at radius 3 is 2.08 bits per heavy atom. The van der Waals surface area contributed by atoms with Gasteiger partial charge in [0.2, 0.25) is 0 Å². The van der Waals surface area contributed by atoms with Crippen LogP contribution in [0.15, 0.2) is 30.3 Å². The lowest BCUT2D eigenvalue weighted by Crippen LogP contribution is -2.18. The van der Waals surface area contributed by atoms with E-state index in [4.69, 9.17) is 0 Å². The summed E-state index contributed by atoms with van der Waals surface area (Å²) in [4.78, 5) is 0. The summed E-state index contributed by atoms with van der Waals surface area (Å²) >= 11 is 0. The first-order chi connectivity index (χ1) is 11.4. The Hall–Kier alpha value is -1.54. The van der Waals surface area contributed by atoms with Crippen LogP contribution in [0.1, 0.15) is 76.8 Å². The molecule has 0 aliphatic heterocycles. The minimum Gasteiger partial charge on any atom is -0.507 e. The quantitative estimate of drug-likeness (QED) is 0.549. The molecule has 0 spiro atoms. The van der Waals surface area contributed by atoms with Gasteiger partial charge < -0.3 is 10.2 Å². The Bertz CT molecular complexity index is 653. The van der Waals surface area contributed by atoms with Crippen LogP contribution < -0.4 is 0 Å². The molecule has 0 saturated carbocycles. The van der Waals surface area contributed by atoms with Crippen LogP contribution >= 0.6 is 0 Å². The second-order valence-corrected chi connectivity index (χ2v) is 7.40. The molecule has 0 aromatic heterocycles. The SMILES string of the molecule is CCCCCCCCCc1c(C(C)(C)O)cc(O)c2ccccc12. The van der Waals surface area contributed by atoms with E-state index in [1.807, 2.05) is 18.2 Å². The van der Waals surface area contributed by atoms with E-state index in [-0.39, 0.29) is 5.75 Å². The average Bonchev–Trinajstić information content (AvgIpc) is 2.54. The number of hydrogen-bond acceptors (Lipinski definition) is 2. The van der Waals surface area contributed by atoms with Crippen molar-refractivity contribution in [2.75, 3.05) is 0 Å². The standard InChI is InChI=1S/C22H32O2/c1-4-5-6-7-8-9-10-14-18-17-13-11-12-15-19(17)21(23)16-20(18)22(2,3)24/h11-13,15-16,23-24H,4-10,14H2,1-3H3. The Kier molecular flexibility index (Phi) is 6.68. The Morgan fingerprint density at radius 1 is 0.875 bits per heavy atom. The second kappa shape index (κ2) is 8.53. The molecule has 0 aliphatic rings. The minimum atomic E-state index is -0.946. The number of phenols is 1. The van der Waals surface area contributed by atoms with E-state index in [0.29, 0.717) is 0 Å². The van der Waals surface area contributed by atoms with Gasteiger partial charge in [-0.15, -0.1) is 0 Å². The maximum absolute atomic E-state index is 10.5. The van der Waals surface area contributed by atoms with Crippen molar-refractivity contribution < 1.29 is 10.2 Å². The first-order valence-corrected chi connectivity index (χ1v) is 9.41. The van der Waals surface area contributed by atoms with E-state index in [2.05, 4.69) is 13.0 Å². The highest BCUT2D eigenvalue weighted by Gasteiger charge is 2.23. The molecular weight excluding hydrogens is 296 g/mol. The van der Waals surface area contributed by atoms with Crippen LogP contribution in [0.2, 0.25) is 0 Å². The fourth-order valence-electron chi connectivity index (χ4n) is 3.49. The van der Waals surface area contributed by atoms with Gasteiger partial charge in [0.15, 0.2) is 0 Å². The van der Waals surface area contributed by atoms with Gasteiger partial charge in [0.1, 0.15) is 5.75 Å². The normalized spacial score (nSPS) is 12.0. The van der Waals surface area contributed by atoms with Gasteiger partial charge in [-0.2, -0.15) is 0 Å². The van der Waals surface area contributed by atoms with Crippen LogP contribution in [-0.4, -0.2) is 10.2 Å². The number of benzene rings is 2. The van der Waals surface area contributed by atoms with Gasteiger partial charge in [-0.1, -0.05) is 69.7 Å². The van der Waals surface area contributed by atoms with E-state index < -0.39 is 5.60 Å². The van der Waals surface area contributed by atoms with Gasteiger partial charge in [-0.3, -0.25) is 0 Å². The van der Waals surface area contributed by atoms with Crippen LogP contribution in [-0.2, 0) is 12.0 Å². The lowest BCUT2D eigenvalue weighted by molar-refractivity contribution is 0.0775. The predicted octanol–water partition coefficient (Wildman–Crippen LogP) is 6.07. The summed E-state index contributed by atoms with van der Waals surface area (Å²) in [6.45, 7) is 5.84. The zero-order chi connectivity index (χ0) is 17.6. The number of phenolic OH excluding ortho intramolecular Hbond substituents is 1. The third-order valence-corrected chi connectivity index (χ3v) is 4.82. The molecule has 0 amide bonds. The predicted molar refractivity (Wildman–Crippen MR) is 103 cm³/mol.